The molecule has 0 aromatic rings. The number of rotatable bonds is 2. The molecule has 0 heterocycles. The maximum Gasteiger partial charge on any atom is 0.0549 e. The van der Waals surface area contributed by atoms with E-state index in [9.17, 15) is 0 Å². The van der Waals surface area contributed by atoms with Crippen LogP contribution in [0.5, 0.6) is 0 Å². The Hall–Kier alpha value is -0.660. The summed E-state index contributed by atoms with van der Waals surface area (Å²) in [4.78, 5) is 8.08. The molecule has 0 N–H and O–H groups in total. The van der Waals surface area contributed by atoms with Gasteiger partial charge in [0.2, 0.25) is 0 Å². The molecular formula is C7H14N2. The predicted molar refractivity (Wildman–Crippen MR) is 42.7 cm³/mol. The van der Waals surface area contributed by atoms with Crippen LogP contribution in [0.25, 0.3) is 0 Å². The average Bonchev–Trinajstić information content (AvgIpc) is 1.90. The van der Waals surface area contributed by atoms with Crippen molar-refractivity contribution in [3.63, 3.8) is 0 Å². The van der Waals surface area contributed by atoms with Gasteiger partial charge in [-0.25, -0.2) is 0 Å². The largest absolute Gasteiger partial charge is 0.292 e. The Kier molecular flexibility index (Phi) is 3.93. The summed E-state index contributed by atoms with van der Waals surface area (Å²) in [7, 11) is 3.59. The highest BCUT2D eigenvalue weighted by Crippen LogP contribution is 1.88. The molecule has 0 fully saturated rings. The molecule has 0 bridgehead atoms. The Morgan fingerprint density at radius 3 is 1.89 bits per heavy atom. The van der Waals surface area contributed by atoms with E-state index in [1.165, 1.54) is 0 Å². The lowest BCUT2D eigenvalue weighted by molar-refractivity contribution is 1.26. The van der Waals surface area contributed by atoms with E-state index in [0.29, 0.717) is 0 Å². The predicted octanol–water partition coefficient (Wildman–Crippen LogP) is 1.56. The Bertz CT molecular complexity index is 134. The molecule has 0 saturated heterocycles. The summed E-state index contributed by atoms with van der Waals surface area (Å²) in [6, 6.07) is 0. The van der Waals surface area contributed by atoms with Crippen LogP contribution < -0.4 is 0 Å². The normalized spacial score (nSPS) is 14.2. The van der Waals surface area contributed by atoms with Crippen molar-refractivity contribution in [2.45, 2.75) is 20.3 Å². The molecule has 0 spiro atoms. The van der Waals surface area contributed by atoms with Gasteiger partial charge < -0.3 is 0 Å². The molecule has 0 aliphatic carbocycles. The number of nitrogens with zero attached hydrogens (tertiary/aromatic N) is 2. The third kappa shape index (κ3) is 2.40. The van der Waals surface area contributed by atoms with E-state index in [1.807, 2.05) is 6.92 Å². The van der Waals surface area contributed by atoms with Gasteiger partial charge in [0.1, 0.15) is 0 Å². The average molecular weight is 126 g/mol. The lowest BCUT2D eigenvalue weighted by atomic mass is 10.2. The molecule has 0 amide bonds. The fourth-order valence-electron chi connectivity index (χ4n) is 0.705. The number of hydrogen-bond donors (Lipinski definition) is 0. The van der Waals surface area contributed by atoms with Gasteiger partial charge in [-0.3, -0.25) is 9.98 Å². The summed E-state index contributed by atoms with van der Waals surface area (Å²) in [5, 5.41) is 0. The minimum atomic E-state index is 0.972. The third-order valence-corrected chi connectivity index (χ3v) is 1.36. The van der Waals surface area contributed by atoms with Crippen molar-refractivity contribution in [2.75, 3.05) is 14.1 Å². The van der Waals surface area contributed by atoms with Crippen molar-refractivity contribution in [2.24, 2.45) is 9.98 Å². The first-order valence-electron chi connectivity index (χ1n) is 3.15. The van der Waals surface area contributed by atoms with E-state index >= 15 is 0 Å². The van der Waals surface area contributed by atoms with Crippen molar-refractivity contribution in [3.8, 4) is 0 Å². The third-order valence-electron chi connectivity index (χ3n) is 1.36. The summed E-state index contributed by atoms with van der Waals surface area (Å²) < 4.78 is 0. The summed E-state index contributed by atoms with van der Waals surface area (Å²) >= 11 is 0. The summed E-state index contributed by atoms with van der Waals surface area (Å²) in [5.41, 5.74) is 2.14. The van der Waals surface area contributed by atoms with Crippen LogP contribution in [0.1, 0.15) is 20.3 Å². The molecule has 0 unspecified atom stereocenters. The Morgan fingerprint density at radius 2 is 1.78 bits per heavy atom. The Labute approximate surface area is 56.7 Å². The molecule has 0 aromatic carbocycles. The molecular weight excluding hydrogens is 112 g/mol. The highest BCUT2D eigenvalue weighted by Gasteiger charge is 1.95. The van der Waals surface area contributed by atoms with Crippen LogP contribution in [0.4, 0.5) is 0 Å². The zero-order valence-corrected chi connectivity index (χ0v) is 6.60. The molecule has 0 radical (unpaired) electrons. The standard InChI is InChI=1S/C7H14N2/c1-5-7(9-4)6(2)8-3/h5H2,1-4H3/b8-6-,9-7-. The number of hydrogen-bond acceptors (Lipinski definition) is 2. The van der Waals surface area contributed by atoms with E-state index in [-0.39, 0.29) is 0 Å². The molecule has 52 valence electrons. The first-order valence-corrected chi connectivity index (χ1v) is 3.15. The van der Waals surface area contributed by atoms with Crippen molar-refractivity contribution < 1.29 is 0 Å². The van der Waals surface area contributed by atoms with Gasteiger partial charge in [0.15, 0.2) is 0 Å². The van der Waals surface area contributed by atoms with Crippen molar-refractivity contribution in [3.05, 3.63) is 0 Å². The fraction of sp³-hybridized carbons (Fsp3) is 0.714. The van der Waals surface area contributed by atoms with Crippen LogP contribution in [-0.2, 0) is 0 Å². The van der Waals surface area contributed by atoms with E-state index in [1.54, 1.807) is 14.1 Å². The van der Waals surface area contributed by atoms with Crippen LogP contribution in [0.3, 0.4) is 0 Å². The first kappa shape index (κ1) is 8.34. The van der Waals surface area contributed by atoms with Crippen molar-refractivity contribution in [1.82, 2.24) is 0 Å². The minimum Gasteiger partial charge on any atom is -0.292 e. The topological polar surface area (TPSA) is 24.7 Å². The number of aliphatic imine (C=N–C) groups is 2. The zero-order valence-electron chi connectivity index (χ0n) is 6.60. The molecule has 0 aromatic heterocycles. The molecule has 0 aliphatic rings. The Balaban J connectivity index is 4.14. The van der Waals surface area contributed by atoms with Gasteiger partial charge in [0.05, 0.1) is 11.4 Å². The second-order valence-corrected chi connectivity index (χ2v) is 1.83. The van der Waals surface area contributed by atoms with Crippen LogP contribution >= 0.6 is 0 Å². The fourth-order valence-corrected chi connectivity index (χ4v) is 0.705. The lowest BCUT2D eigenvalue weighted by Gasteiger charge is -1.97. The monoisotopic (exact) mass is 126 g/mol. The molecule has 2 nitrogen and oxygen atoms in total. The van der Waals surface area contributed by atoms with Gasteiger partial charge in [0, 0.05) is 14.1 Å². The maximum atomic E-state index is 4.06. The van der Waals surface area contributed by atoms with Gasteiger partial charge >= 0.3 is 0 Å². The maximum absolute atomic E-state index is 4.06. The van der Waals surface area contributed by atoms with Crippen LogP contribution in [0, 0.1) is 0 Å². The summed E-state index contributed by atoms with van der Waals surface area (Å²) in [6.07, 6.45) is 0.972. The van der Waals surface area contributed by atoms with Crippen LogP contribution in [0.15, 0.2) is 9.98 Å². The second kappa shape index (κ2) is 4.24. The van der Waals surface area contributed by atoms with Gasteiger partial charge in [-0.1, -0.05) is 6.92 Å². The van der Waals surface area contributed by atoms with Gasteiger partial charge in [-0.2, -0.15) is 0 Å². The molecule has 2 heteroatoms. The molecule has 0 saturated carbocycles. The summed E-state index contributed by atoms with van der Waals surface area (Å²) in [6.45, 7) is 4.06. The van der Waals surface area contributed by atoms with E-state index in [2.05, 4.69) is 16.9 Å². The lowest BCUT2D eigenvalue weighted by Crippen LogP contribution is -2.08. The minimum absolute atomic E-state index is 0.972. The quantitative estimate of drug-likeness (QED) is 0.502. The molecule has 9 heavy (non-hydrogen) atoms. The van der Waals surface area contributed by atoms with Gasteiger partial charge in [-0.15, -0.1) is 0 Å². The second-order valence-electron chi connectivity index (χ2n) is 1.83. The van der Waals surface area contributed by atoms with Crippen LogP contribution in [0.2, 0.25) is 0 Å². The molecule has 0 rings (SSSR count). The SMILES string of the molecule is CCC(=N/C)/C(C)=N\C. The molecule has 0 atom stereocenters. The van der Waals surface area contributed by atoms with Crippen molar-refractivity contribution >= 4 is 11.4 Å². The van der Waals surface area contributed by atoms with Crippen LogP contribution in [-0.4, -0.2) is 25.5 Å². The molecule has 0 aliphatic heterocycles. The first-order chi connectivity index (χ1) is 4.26. The highest BCUT2D eigenvalue weighted by atomic mass is 14.7. The van der Waals surface area contributed by atoms with E-state index in [4.69, 9.17) is 0 Å². The van der Waals surface area contributed by atoms with E-state index in [0.717, 1.165) is 17.8 Å². The van der Waals surface area contributed by atoms with Gasteiger partial charge in [-0.05, 0) is 13.3 Å². The summed E-state index contributed by atoms with van der Waals surface area (Å²) in [5.74, 6) is 0. The smallest absolute Gasteiger partial charge is 0.0549 e. The zero-order chi connectivity index (χ0) is 7.28. The Morgan fingerprint density at radius 1 is 1.22 bits per heavy atom. The van der Waals surface area contributed by atoms with Gasteiger partial charge in [0.25, 0.3) is 0 Å². The van der Waals surface area contributed by atoms with E-state index < -0.39 is 0 Å². The van der Waals surface area contributed by atoms with Crippen molar-refractivity contribution in [1.29, 1.82) is 0 Å². The highest BCUT2D eigenvalue weighted by molar-refractivity contribution is 6.41.